The van der Waals surface area contributed by atoms with Gasteiger partial charge in [-0.25, -0.2) is 14.1 Å². The van der Waals surface area contributed by atoms with Crippen LogP contribution in [0.4, 0.5) is 9.18 Å². The first-order valence-electron chi connectivity index (χ1n) is 6.56. The highest BCUT2D eigenvalue weighted by Crippen LogP contribution is 2.25. The minimum atomic E-state index is -0.632. The Morgan fingerprint density at radius 2 is 1.95 bits per heavy atom. The zero-order valence-corrected chi connectivity index (χ0v) is 11.9. The van der Waals surface area contributed by atoms with E-state index in [1.54, 1.807) is 32.9 Å². The van der Waals surface area contributed by atoms with Crippen molar-refractivity contribution in [2.75, 3.05) is 0 Å². The molecule has 1 aromatic rings. The van der Waals surface area contributed by atoms with Crippen LogP contribution in [-0.2, 0) is 16.0 Å². The van der Waals surface area contributed by atoms with Crippen molar-refractivity contribution in [2.45, 2.75) is 45.3 Å². The van der Waals surface area contributed by atoms with Gasteiger partial charge in [0, 0.05) is 6.42 Å². The minimum Gasteiger partial charge on any atom is -0.443 e. The summed E-state index contributed by atoms with van der Waals surface area (Å²) in [6.07, 6.45) is 0.225. The fourth-order valence-electron chi connectivity index (χ4n) is 2.10. The Balaban J connectivity index is 2.01. The topological polar surface area (TPSA) is 46.6 Å². The molecule has 108 valence electrons. The fraction of sp³-hybridized carbons (Fsp3) is 0.467. The summed E-state index contributed by atoms with van der Waals surface area (Å²) in [6.45, 7) is 5.26. The average molecular weight is 279 g/mol. The summed E-state index contributed by atoms with van der Waals surface area (Å²) >= 11 is 0. The van der Waals surface area contributed by atoms with Gasteiger partial charge in [-0.1, -0.05) is 12.1 Å². The molecule has 1 fully saturated rings. The van der Waals surface area contributed by atoms with Crippen LogP contribution in [0.3, 0.4) is 0 Å². The molecule has 0 bridgehead atoms. The molecule has 1 heterocycles. The number of likely N-dealkylation sites (tertiary alicyclic amines) is 1. The molecule has 0 N–H and O–H groups in total. The van der Waals surface area contributed by atoms with E-state index in [1.165, 1.54) is 12.1 Å². The lowest BCUT2D eigenvalue weighted by Gasteiger charge is -2.39. The van der Waals surface area contributed by atoms with E-state index >= 15 is 0 Å². The molecule has 0 aliphatic carbocycles. The molecule has 1 saturated heterocycles. The highest BCUT2D eigenvalue weighted by atomic mass is 19.1. The summed E-state index contributed by atoms with van der Waals surface area (Å²) < 4.78 is 18.0. The van der Waals surface area contributed by atoms with Crippen molar-refractivity contribution in [2.24, 2.45) is 0 Å². The van der Waals surface area contributed by atoms with Gasteiger partial charge in [0.1, 0.15) is 11.4 Å². The van der Waals surface area contributed by atoms with Crippen molar-refractivity contribution in [3.05, 3.63) is 35.6 Å². The van der Waals surface area contributed by atoms with Gasteiger partial charge < -0.3 is 4.74 Å². The van der Waals surface area contributed by atoms with Crippen LogP contribution in [0.2, 0.25) is 0 Å². The van der Waals surface area contributed by atoms with Crippen LogP contribution in [0.5, 0.6) is 0 Å². The Bertz CT molecular complexity index is 519. The molecule has 20 heavy (non-hydrogen) atoms. The van der Waals surface area contributed by atoms with Crippen LogP contribution >= 0.6 is 0 Å². The monoisotopic (exact) mass is 279 g/mol. The van der Waals surface area contributed by atoms with Gasteiger partial charge >= 0.3 is 6.09 Å². The molecule has 4 nitrogen and oxygen atoms in total. The number of imide groups is 1. The van der Waals surface area contributed by atoms with Crippen molar-refractivity contribution in [3.63, 3.8) is 0 Å². The van der Waals surface area contributed by atoms with Gasteiger partial charge in [0.25, 0.3) is 0 Å². The third kappa shape index (κ3) is 3.35. The maximum Gasteiger partial charge on any atom is 0.417 e. The molecule has 5 heteroatoms. The highest BCUT2D eigenvalue weighted by molar-refractivity contribution is 5.97. The van der Waals surface area contributed by atoms with Crippen molar-refractivity contribution >= 4 is 12.0 Å². The minimum absolute atomic E-state index is 0.206. The Morgan fingerprint density at radius 3 is 2.45 bits per heavy atom. The first-order valence-corrected chi connectivity index (χ1v) is 6.56. The molecule has 1 aliphatic rings. The SMILES string of the molecule is CC(C)(C)OC(=O)N1C(=O)CC1Cc1ccc(F)cc1. The van der Waals surface area contributed by atoms with Crippen molar-refractivity contribution in [1.82, 2.24) is 4.90 Å². The van der Waals surface area contributed by atoms with E-state index in [0.717, 1.165) is 10.5 Å². The smallest absolute Gasteiger partial charge is 0.417 e. The number of nitrogens with zero attached hydrogens (tertiary/aromatic N) is 1. The third-order valence-electron chi connectivity index (χ3n) is 3.02. The number of carbonyl (C=O) groups excluding carboxylic acids is 2. The second kappa shape index (κ2) is 5.23. The number of rotatable bonds is 2. The summed E-state index contributed by atoms with van der Waals surface area (Å²) in [5.41, 5.74) is 0.255. The Kier molecular flexibility index (Phi) is 3.79. The first-order chi connectivity index (χ1) is 9.26. The van der Waals surface area contributed by atoms with Crippen molar-refractivity contribution < 1.29 is 18.7 Å². The van der Waals surface area contributed by atoms with Crippen molar-refractivity contribution in [3.8, 4) is 0 Å². The van der Waals surface area contributed by atoms with Gasteiger partial charge in [0.2, 0.25) is 5.91 Å². The van der Waals surface area contributed by atoms with Crippen LogP contribution in [-0.4, -0.2) is 28.5 Å². The van der Waals surface area contributed by atoms with Crippen LogP contribution in [0.25, 0.3) is 0 Å². The number of hydrogen-bond donors (Lipinski definition) is 0. The lowest BCUT2D eigenvalue weighted by molar-refractivity contribution is -0.143. The number of ether oxygens (including phenoxy) is 1. The summed E-state index contributed by atoms with van der Waals surface area (Å²) in [7, 11) is 0. The summed E-state index contributed by atoms with van der Waals surface area (Å²) in [6, 6.07) is 5.85. The maximum atomic E-state index is 12.8. The van der Waals surface area contributed by atoms with Crippen LogP contribution < -0.4 is 0 Å². The number of hydrogen-bond acceptors (Lipinski definition) is 3. The van der Waals surface area contributed by atoms with Gasteiger partial charge in [0.05, 0.1) is 6.04 Å². The second-order valence-electron chi connectivity index (χ2n) is 5.93. The van der Waals surface area contributed by atoms with E-state index in [4.69, 9.17) is 4.74 Å². The molecular weight excluding hydrogens is 261 g/mol. The lowest BCUT2D eigenvalue weighted by atomic mass is 9.95. The molecule has 1 aliphatic heterocycles. The van der Waals surface area contributed by atoms with Gasteiger partial charge in [-0.2, -0.15) is 0 Å². The first kappa shape index (κ1) is 14.5. The quantitative estimate of drug-likeness (QED) is 0.782. The number of amides is 2. The zero-order valence-electron chi connectivity index (χ0n) is 11.9. The summed E-state index contributed by atoms with van der Waals surface area (Å²) in [5.74, 6) is -0.534. The van der Waals surface area contributed by atoms with Crippen LogP contribution in [0.15, 0.2) is 24.3 Å². The molecule has 0 saturated carbocycles. The summed E-state index contributed by atoms with van der Waals surface area (Å²) in [5, 5.41) is 0. The number of carbonyl (C=O) groups is 2. The van der Waals surface area contributed by atoms with E-state index in [2.05, 4.69) is 0 Å². The number of halogens is 1. The second-order valence-corrected chi connectivity index (χ2v) is 5.93. The Morgan fingerprint density at radius 1 is 1.35 bits per heavy atom. The normalized spacial score (nSPS) is 18.7. The molecule has 0 spiro atoms. The summed E-state index contributed by atoms with van der Waals surface area (Å²) in [4.78, 5) is 24.7. The molecule has 1 unspecified atom stereocenters. The van der Waals surface area contributed by atoms with E-state index in [0.29, 0.717) is 12.8 Å². The predicted molar refractivity (Wildman–Crippen MR) is 71.6 cm³/mol. The standard InChI is InChI=1S/C15H18FNO3/c1-15(2,3)20-14(19)17-12(9-13(17)18)8-10-4-6-11(16)7-5-10/h4-7,12H,8-9H2,1-3H3. The Hall–Kier alpha value is -1.91. The molecule has 2 rings (SSSR count). The fourth-order valence-corrected chi connectivity index (χ4v) is 2.10. The zero-order chi connectivity index (χ0) is 14.9. The Labute approximate surface area is 117 Å². The molecule has 0 radical (unpaired) electrons. The molecule has 1 atom stereocenters. The van der Waals surface area contributed by atoms with E-state index in [1.807, 2.05) is 0 Å². The predicted octanol–water partition coefficient (Wildman–Crippen LogP) is 2.90. The van der Waals surface area contributed by atoms with Gasteiger partial charge in [-0.05, 0) is 44.9 Å². The molecular formula is C15H18FNO3. The van der Waals surface area contributed by atoms with E-state index < -0.39 is 11.7 Å². The van der Waals surface area contributed by atoms with Gasteiger partial charge in [-0.15, -0.1) is 0 Å². The van der Waals surface area contributed by atoms with E-state index in [-0.39, 0.29) is 17.8 Å². The van der Waals surface area contributed by atoms with Crippen LogP contribution in [0, 0.1) is 5.82 Å². The largest absolute Gasteiger partial charge is 0.443 e. The van der Waals surface area contributed by atoms with E-state index in [9.17, 15) is 14.0 Å². The number of benzene rings is 1. The van der Waals surface area contributed by atoms with Crippen LogP contribution in [0.1, 0.15) is 32.8 Å². The molecule has 0 aromatic heterocycles. The molecule has 2 amide bonds. The van der Waals surface area contributed by atoms with Gasteiger partial charge in [-0.3, -0.25) is 4.79 Å². The van der Waals surface area contributed by atoms with Crippen molar-refractivity contribution in [1.29, 1.82) is 0 Å². The maximum absolute atomic E-state index is 12.8. The third-order valence-corrected chi connectivity index (χ3v) is 3.02. The highest BCUT2D eigenvalue weighted by Gasteiger charge is 2.42. The molecule has 1 aromatic carbocycles. The lowest BCUT2D eigenvalue weighted by Crippen LogP contribution is -2.57. The number of β-lactam (4-membered cyclic amide) rings is 1. The average Bonchev–Trinajstić information content (AvgIpc) is 2.28. The van der Waals surface area contributed by atoms with Gasteiger partial charge in [0.15, 0.2) is 0 Å².